The number of rotatable bonds is 9. The number of anilines is 2. The van der Waals surface area contributed by atoms with Crippen molar-refractivity contribution in [2.45, 2.75) is 17.9 Å². The standard InChI is InChI=1S/C24H23FN2O6S/c1-17(33-21-13-11-18(25)12-14-21)24(29)32-16-23(28)26-19-7-6-10-22(15-19)34(30,31)27(2)20-8-4-3-5-9-20/h3-15,17H,16H2,1-2H3,(H,26,28)/t17-/m0/s1. The molecular weight excluding hydrogens is 463 g/mol. The van der Waals surface area contributed by atoms with Crippen molar-refractivity contribution in [1.82, 2.24) is 0 Å². The number of ether oxygens (including phenoxy) is 2. The van der Waals surface area contributed by atoms with Gasteiger partial charge in [-0.3, -0.25) is 9.10 Å². The Labute approximate surface area is 197 Å². The third kappa shape index (κ3) is 6.32. The first-order valence-corrected chi connectivity index (χ1v) is 11.6. The van der Waals surface area contributed by atoms with Gasteiger partial charge in [0.05, 0.1) is 10.6 Å². The fourth-order valence-corrected chi connectivity index (χ4v) is 4.13. The number of para-hydroxylation sites is 1. The molecule has 1 atom stereocenters. The third-order valence-corrected chi connectivity index (χ3v) is 6.48. The van der Waals surface area contributed by atoms with Crippen LogP contribution in [0.1, 0.15) is 6.92 Å². The average Bonchev–Trinajstić information content (AvgIpc) is 2.84. The molecule has 0 aliphatic carbocycles. The molecule has 0 heterocycles. The Kier molecular flexibility index (Phi) is 7.85. The van der Waals surface area contributed by atoms with Crippen molar-refractivity contribution < 1.29 is 31.9 Å². The van der Waals surface area contributed by atoms with E-state index in [4.69, 9.17) is 9.47 Å². The normalized spacial score (nSPS) is 11.9. The zero-order valence-electron chi connectivity index (χ0n) is 18.5. The second-order valence-electron chi connectivity index (χ2n) is 7.21. The second kappa shape index (κ2) is 10.8. The van der Waals surface area contributed by atoms with E-state index in [0.717, 1.165) is 4.31 Å². The molecule has 1 N–H and O–H groups in total. The van der Waals surface area contributed by atoms with Crippen LogP contribution < -0.4 is 14.4 Å². The molecular formula is C24H23FN2O6S. The van der Waals surface area contributed by atoms with Crippen LogP contribution in [0.3, 0.4) is 0 Å². The molecule has 0 aromatic heterocycles. The van der Waals surface area contributed by atoms with Crippen LogP contribution in [-0.4, -0.2) is 40.1 Å². The Hall–Kier alpha value is -3.92. The molecule has 8 nitrogen and oxygen atoms in total. The summed E-state index contributed by atoms with van der Waals surface area (Å²) in [4.78, 5) is 24.3. The molecule has 0 unspecified atom stereocenters. The predicted molar refractivity (Wildman–Crippen MR) is 125 cm³/mol. The fourth-order valence-electron chi connectivity index (χ4n) is 2.89. The second-order valence-corrected chi connectivity index (χ2v) is 9.18. The molecule has 3 aromatic carbocycles. The van der Waals surface area contributed by atoms with Gasteiger partial charge in [-0.2, -0.15) is 0 Å². The van der Waals surface area contributed by atoms with Gasteiger partial charge in [0.1, 0.15) is 11.6 Å². The van der Waals surface area contributed by atoms with E-state index in [1.165, 1.54) is 62.5 Å². The zero-order valence-corrected chi connectivity index (χ0v) is 19.3. The van der Waals surface area contributed by atoms with Crippen LogP contribution in [0.4, 0.5) is 15.8 Å². The van der Waals surface area contributed by atoms with Crippen molar-refractivity contribution in [1.29, 1.82) is 0 Å². The molecule has 0 fully saturated rings. The Balaban J connectivity index is 1.57. The number of benzene rings is 3. The number of hydrogen-bond donors (Lipinski definition) is 1. The Morgan fingerprint density at radius 2 is 1.68 bits per heavy atom. The predicted octanol–water partition coefficient (Wildman–Crippen LogP) is 3.60. The van der Waals surface area contributed by atoms with E-state index in [1.807, 2.05) is 0 Å². The van der Waals surface area contributed by atoms with Gasteiger partial charge in [0, 0.05) is 12.7 Å². The van der Waals surface area contributed by atoms with Crippen molar-refractivity contribution in [2.24, 2.45) is 0 Å². The first-order chi connectivity index (χ1) is 16.2. The topological polar surface area (TPSA) is 102 Å². The summed E-state index contributed by atoms with van der Waals surface area (Å²) in [5.74, 6) is -1.62. The van der Waals surface area contributed by atoms with Crippen LogP contribution in [-0.2, 0) is 24.3 Å². The molecule has 0 saturated heterocycles. The minimum atomic E-state index is -3.86. The minimum Gasteiger partial charge on any atom is -0.479 e. The van der Waals surface area contributed by atoms with E-state index in [1.54, 1.807) is 30.3 Å². The van der Waals surface area contributed by atoms with Crippen molar-refractivity contribution in [2.75, 3.05) is 23.3 Å². The maximum absolute atomic E-state index is 13.0. The smallest absolute Gasteiger partial charge is 0.347 e. The van der Waals surface area contributed by atoms with Crippen molar-refractivity contribution >= 4 is 33.3 Å². The summed E-state index contributed by atoms with van der Waals surface area (Å²) in [5, 5.41) is 2.50. The maximum Gasteiger partial charge on any atom is 0.347 e. The van der Waals surface area contributed by atoms with Gasteiger partial charge in [-0.15, -0.1) is 0 Å². The van der Waals surface area contributed by atoms with Crippen molar-refractivity contribution in [3.63, 3.8) is 0 Å². The van der Waals surface area contributed by atoms with E-state index in [0.29, 0.717) is 5.69 Å². The zero-order chi connectivity index (χ0) is 24.7. The molecule has 3 aromatic rings. The van der Waals surface area contributed by atoms with E-state index >= 15 is 0 Å². The van der Waals surface area contributed by atoms with Crippen LogP contribution in [0, 0.1) is 5.82 Å². The Bertz CT molecular complexity index is 1250. The maximum atomic E-state index is 13.0. The van der Waals surface area contributed by atoms with Gasteiger partial charge >= 0.3 is 5.97 Å². The van der Waals surface area contributed by atoms with E-state index in [9.17, 15) is 22.4 Å². The fraction of sp³-hybridized carbons (Fsp3) is 0.167. The molecule has 0 radical (unpaired) electrons. The van der Waals surface area contributed by atoms with Gasteiger partial charge in [-0.1, -0.05) is 24.3 Å². The lowest BCUT2D eigenvalue weighted by Gasteiger charge is -2.20. The summed E-state index contributed by atoms with van der Waals surface area (Å²) in [6.45, 7) is 0.831. The number of carbonyl (C=O) groups is 2. The van der Waals surface area contributed by atoms with Gasteiger partial charge in [0.15, 0.2) is 12.7 Å². The largest absolute Gasteiger partial charge is 0.479 e. The number of esters is 1. The quantitative estimate of drug-likeness (QED) is 0.464. The van der Waals surface area contributed by atoms with E-state index in [-0.39, 0.29) is 16.3 Å². The number of hydrogen-bond acceptors (Lipinski definition) is 6. The number of sulfonamides is 1. The lowest BCUT2D eigenvalue weighted by atomic mass is 10.3. The van der Waals surface area contributed by atoms with Crippen LogP contribution in [0.5, 0.6) is 5.75 Å². The van der Waals surface area contributed by atoms with Gasteiger partial charge in [-0.05, 0) is 61.5 Å². The Morgan fingerprint density at radius 1 is 1.00 bits per heavy atom. The molecule has 0 bridgehead atoms. The van der Waals surface area contributed by atoms with Gasteiger partial charge in [0.25, 0.3) is 15.9 Å². The highest BCUT2D eigenvalue weighted by Crippen LogP contribution is 2.23. The van der Waals surface area contributed by atoms with Gasteiger partial charge < -0.3 is 14.8 Å². The molecule has 1 amide bonds. The van der Waals surface area contributed by atoms with E-state index in [2.05, 4.69) is 5.32 Å². The van der Waals surface area contributed by atoms with E-state index < -0.39 is 40.4 Å². The molecule has 0 aliphatic rings. The average molecular weight is 487 g/mol. The molecule has 0 saturated carbocycles. The van der Waals surface area contributed by atoms with Gasteiger partial charge in [0.2, 0.25) is 0 Å². The molecule has 3 rings (SSSR count). The summed E-state index contributed by atoms with van der Waals surface area (Å²) in [7, 11) is -2.43. The molecule has 0 aliphatic heterocycles. The highest BCUT2D eigenvalue weighted by Gasteiger charge is 2.22. The molecule has 10 heteroatoms. The van der Waals surface area contributed by atoms with Crippen LogP contribution in [0.25, 0.3) is 0 Å². The molecule has 0 spiro atoms. The number of nitrogens with zero attached hydrogens (tertiary/aromatic N) is 1. The minimum absolute atomic E-state index is 0.0185. The summed E-state index contributed by atoms with van der Waals surface area (Å²) < 4.78 is 50.3. The SMILES string of the molecule is C[C@H](Oc1ccc(F)cc1)C(=O)OCC(=O)Nc1cccc(S(=O)(=O)N(C)c2ccccc2)c1. The first kappa shape index (κ1) is 24.7. The van der Waals surface area contributed by atoms with Crippen LogP contribution in [0.15, 0.2) is 83.8 Å². The Morgan fingerprint density at radius 3 is 2.35 bits per heavy atom. The third-order valence-electron chi connectivity index (χ3n) is 4.70. The highest BCUT2D eigenvalue weighted by atomic mass is 32.2. The van der Waals surface area contributed by atoms with Crippen molar-refractivity contribution in [3.8, 4) is 5.75 Å². The number of amides is 1. The summed E-state index contributed by atoms with van der Waals surface area (Å²) in [5.41, 5.74) is 0.708. The monoisotopic (exact) mass is 486 g/mol. The lowest BCUT2D eigenvalue weighted by Crippen LogP contribution is -2.30. The highest BCUT2D eigenvalue weighted by molar-refractivity contribution is 7.92. The lowest BCUT2D eigenvalue weighted by molar-refractivity contribution is -0.153. The number of nitrogens with one attached hydrogen (secondary N) is 1. The number of carbonyl (C=O) groups excluding carboxylic acids is 2. The summed E-state index contributed by atoms with van der Waals surface area (Å²) in [6, 6.07) is 19.4. The first-order valence-electron chi connectivity index (χ1n) is 10.2. The number of halogens is 1. The molecule has 34 heavy (non-hydrogen) atoms. The van der Waals surface area contributed by atoms with Crippen LogP contribution >= 0.6 is 0 Å². The van der Waals surface area contributed by atoms with Crippen LogP contribution in [0.2, 0.25) is 0 Å². The van der Waals surface area contributed by atoms with Crippen molar-refractivity contribution in [3.05, 3.63) is 84.7 Å². The summed E-state index contributed by atoms with van der Waals surface area (Å²) in [6.07, 6.45) is -1.03. The molecule has 178 valence electrons. The summed E-state index contributed by atoms with van der Waals surface area (Å²) >= 11 is 0. The van der Waals surface area contributed by atoms with Gasteiger partial charge in [-0.25, -0.2) is 17.6 Å².